The minimum atomic E-state index is -0.343. The topological polar surface area (TPSA) is 30.5 Å². The molecule has 0 saturated heterocycles. The van der Waals surface area contributed by atoms with Crippen LogP contribution in [0.5, 0.6) is 11.5 Å². The number of nitrogens with one attached hydrogen (secondary N) is 1. The van der Waals surface area contributed by atoms with E-state index in [2.05, 4.69) is 12.2 Å². The third kappa shape index (κ3) is 3.13. The van der Waals surface area contributed by atoms with E-state index in [-0.39, 0.29) is 12.7 Å². The van der Waals surface area contributed by atoms with Crippen molar-refractivity contribution in [3.8, 4) is 11.5 Å². The number of benzene rings is 1. The van der Waals surface area contributed by atoms with Crippen LogP contribution in [0.15, 0.2) is 18.2 Å². The molecule has 100 valence electrons. The Morgan fingerprint density at radius 1 is 1.50 bits per heavy atom. The average Bonchev–Trinajstić information content (AvgIpc) is 2.79. The monoisotopic (exact) mass is 253 g/mol. The number of fused-ring (bicyclic) bond motifs is 1. The second-order valence-electron chi connectivity index (χ2n) is 4.41. The van der Waals surface area contributed by atoms with Crippen LogP contribution in [0, 0.1) is 0 Å². The third-order valence-corrected chi connectivity index (χ3v) is 2.95. The summed E-state index contributed by atoms with van der Waals surface area (Å²) < 4.78 is 23.1. The van der Waals surface area contributed by atoms with Gasteiger partial charge in [0, 0.05) is 18.1 Å². The molecule has 1 N–H and O–H groups in total. The zero-order valence-electron chi connectivity index (χ0n) is 10.7. The maximum absolute atomic E-state index is 12.0. The molecule has 0 radical (unpaired) electrons. The Balaban J connectivity index is 1.96. The van der Waals surface area contributed by atoms with Gasteiger partial charge >= 0.3 is 0 Å². The Morgan fingerprint density at radius 2 is 2.39 bits per heavy atom. The third-order valence-electron chi connectivity index (χ3n) is 2.95. The molecule has 1 aromatic carbocycles. The fourth-order valence-electron chi connectivity index (χ4n) is 2.01. The summed E-state index contributed by atoms with van der Waals surface area (Å²) in [6.07, 6.45) is 1.54. The van der Waals surface area contributed by atoms with Crippen molar-refractivity contribution in [1.29, 1.82) is 0 Å². The minimum absolute atomic E-state index is 0.278. The van der Waals surface area contributed by atoms with Gasteiger partial charge in [-0.1, -0.05) is 6.92 Å². The molecular weight excluding hydrogens is 233 g/mol. The summed E-state index contributed by atoms with van der Waals surface area (Å²) in [5.41, 5.74) is 1.18. The largest absolute Gasteiger partial charge is 0.493 e. The second-order valence-corrected chi connectivity index (χ2v) is 4.41. The zero-order chi connectivity index (χ0) is 12.8. The van der Waals surface area contributed by atoms with Gasteiger partial charge in [-0.3, -0.25) is 4.39 Å². The minimum Gasteiger partial charge on any atom is -0.493 e. The van der Waals surface area contributed by atoms with Crippen LogP contribution < -0.4 is 14.8 Å². The standard InChI is InChI=1S/C14H20FNO2/c1-2-7-16-13-10-18-14-9-11(4-5-12(13)14)17-8-3-6-15/h4-5,9,13,16H,2-3,6-8,10H2,1H3. The molecular formula is C14H20FNO2. The highest BCUT2D eigenvalue weighted by molar-refractivity contribution is 5.45. The average molecular weight is 253 g/mol. The van der Waals surface area contributed by atoms with Gasteiger partial charge in [0.25, 0.3) is 0 Å². The first kappa shape index (κ1) is 13.1. The van der Waals surface area contributed by atoms with Crippen LogP contribution in [0.4, 0.5) is 4.39 Å². The molecule has 1 heterocycles. The first-order valence-corrected chi connectivity index (χ1v) is 6.54. The predicted molar refractivity (Wildman–Crippen MR) is 69.1 cm³/mol. The summed E-state index contributed by atoms with van der Waals surface area (Å²) in [5, 5.41) is 3.44. The maximum atomic E-state index is 12.0. The van der Waals surface area contributed by atoms with Gasteiger partial charge < -0.3 is 14.8 Å². The van der Waals surface area contributed by atoms with Crippen molar-refractivity contribution in [3.63, 3.8) is 0 Å². The highest BCUT2D eigenvalue weighted by atomic mass is 19.1. The smallest absolute Gasteiger partial charge is 0.127 e. The van der Waals surface area contributed by atoms with Crippen LogP contribution in [0.25, 0.3) is 0 Å². The summed E-state index contributed by atoms with van der Waals surface area (Å²) in [7, 11) is 0. The predicted octanol–water partition coefficient (Wildman–Crippen LogP) is 2.86. The van der Waals surface area contributed by atoms with E-state index in [9.17, 15) is 4.39 Å². The van der Waals surface area contributed by atoms with Gasteiger partial charge in [-0.2, -0.15) is 0 Å². The molecule has 18 heavy (non-hydrogen) atoms. The van der Waals surface area contributed by atoms with Crippen molar-refractivity contribution >= 4 is 0 Å². The van der Waals surface area contributed by atoms with E-state index in [1.165, 1.54) is 5.56 Å². The van der Waals surface area contributed by atoms with E-state index in [1.54, 1.807) is 0 Å². The number of alkyl halides is 1. The van der Waals surface area contributed by atoms with Crippen molar-refractivity contribution in [2.24, 2.45) is 0 Å². The molecule has 1 aliphatic rings. The van der Waals surface area contributed by atoms with Gasteiger partial charge in [-0.15, -0.1) is 0 Å². The van der Waals surface area contributed by atoms with Crippen molar-refractivity contribution in [2.45, 2.75) is 25.8 Å². The van der Waals surface area contributed by atoms with Gasteiger partial charge in [0.1, 0.15) is 18.1 Å². The lowest BCUT2D eigenvalue weighted by Crippen LogP contribution is -2.22. The quantitative estimate of drug-likeness (QED) is 0.758. The first-order valence-electron chi connectivity index (χ1n) is 6.54. The molecule has 1 aromatic rings. The molecule has 0 aromatic heterocycles. The highest BCUT2D eigenvalue weighted by Crippen LogP contribution is 2.35. The number of halogens is 1. The summed E-state index contributed by atoms with van der Waals surface area (Å²) >= 11 is 0. The molecule has 4 heteroatoms. The van der Waals surface area contributed by atoms with E-state index >= 15 is 0 Å². The fourth-order valence-corrected chi connectivity index (χ4v) is 2.01. The SMILES string of the molecule is CCCNC1COc2cc(OCCCF)ccc21. The Kier molecular flexibility index (Phi) is 4.81. The van der Waals surface area contributed by atoms with Gasteiger partial charge in [-0.05, 0) is 25.1 Å². The Hall–Kier alpha value is -1.29. The van der Waals surface area contributed by atoms with Crippen molar-refractivity contribution in [2.75, 3.05) is 26.4 Å². The van der Waals surface area contributed by atoms with E-state index < -0.39 is 0 Å². The Labute approximate surface area is 107 Å². The van der Waals surface area contributed by atoms with Gasteiger partial charge in [0.2, 0.25) is 0 Å². The second kappa shape index (κ2) is 6.59. The lowest BCUT2D eigenvalue weighted by atomic mass is 10.1. The lowest BCUT2D eigenvalue weighted by molar-refractivity contribution is 0.285. The van der Waals surface area contributed by atoms with Gasteiger partial charge in [0.05, 0.1) is 19.3 Å². The van der Waals surface area contributed by atoms with Crippen LogP contribution in [0.1, 0.15) is 31.4 Å². The first-order chi connectivity index (χ1) is 8.85. The highest BCUT2D eigenvalue weighted by Gasteiger charge is 2.23. The van der Waals surface area contributed by atoms with E-state index in [1.807, 2.05) is 18.2 Å². The van der Waals surface area contributed by atoms with E-state index in [4.69, 9.17) is 9.47 Å². The lowest BCUT2D eigenvalue weighted by Gasteiger charge is -2.10. The number of ether oxygens (including phenoxy) is 2. The van der Waals surface area contributed by atoms with Crippen LogP contribution in [0.3, 0.4) is 0 Å². The van der Waals surface area contributed by atoms with E-state index in [0.29, 0.717) is 19.6 Å². The molecule has 0 bridgehead atoms. The normalized spacial score (nSPS) is 17.3. The molecule has 1 atom stereocenters. The number of hydrogen-bond donors (Lipinski definition) is 1. The molecule has 0 spiro atoms. The number of hydrogen-bond acceptors (Lipinski definition) is 3. The molecule has 0 fully saturated rings. The van der Waals surface area contributed by atoms with E-state index in [0.717, 1.165) is 24.5 Å². The molecule has 0 aliphatic carbocycles. The number of rotatable bonds is 7. The van der Waals surface area contributed by atoms with Crippen molar-refractivity contribution in [3.05, 3.63) is 23.8 Å². The summed E-state index contributed by atoms with van der Waals surface area (Å²) in [6.45, 7) is 3.87. The van der Waals surface area contributed by atoms with Crippen LogP contribution in [0.2, 0.25) is 0 Å². The zero-order valence-corrected chi connectivity index (χ0v) is 10.7. The molecule has 0 saturated carbocycles. The van der Waals surface area contributed by atoms with Crippen LogP contribution >= 0.6 is 0 Å². The Bertz CT molecular complexity index is 384. The molecule has 2 rings (SSSR count). The van der Waals surface area contributed by atoms with Crippen molar-refractivity contribution in [1.82, 2.24) is 5.32 Å². The molecule has 0 amide bonds. The summed E-state index contributed by atoms with van der Waals surface area (Å²) in [6, 6.07) is 6.12. The summed E-state index contributed by atoms with van der Waals surface area (Å²) in [4.78, 5) is 0. The summed E-state index contributed by atoms with van der Waals surface area (Å²) in [5.74, 6) is 1.62. The van der Waals surface area contributed by atoms with Crippen LogP contribution in [-0.2, 0) is 0 Å². The maximum Gasteiger partial charge on any atom is 0.127 e. The van der Waals surface area contributed by atoms with Crippen LogP contribution in [-0.4, -0.2) is 26.4 Å². The van der Waals surface area contributed by atoms with Gasteiger partial charge in [0.15, 0.2) is 0 Å². The molecule has 1 aliphatic heterocycles. The Morgan fingerprint density at radius 3 is 3.17 bits per heavy atom. The fraction of sp³-hybridized carbons (Fsp3) is 0.571. The van der Waals surface area contributed by atoms with Crippen molar-refractivity contribution < 1.29 is 13.9 Å². The molecule has 3 nitrogen and oxygen atoms in total. The van der Waals surface area contributed by atoms with Gasteiger partial charge in [-0.25, -0.2) is 0 Å². The molecule has 1 unspecified atom stereocenters.